The summed E-state index contributed by atoms with van der Waals surface area (Å²) in [6.07, 6.45) is 6.32. The van der Waals surface area contributed by atoms with Gasteiger partial charge in [0.15, 0.2) is 0 Å². The fraction of sp³-hybridized carbons (Fsp3) is 0.636. The largest absolute Gasteiger partial charge is 0.378 e. The van der Waals surface area contributed by atoms with Crippen LogP contribution in [-0.2, 0) is 11.2 Å². The molecule has 0 saturated carbocycles. The highest BCUT2D eigenvalue weighted by molar-refractivity contribution is 6.31. The predicted octanol–water partition coefficient (Wildman–Crippen LogP) is 2.55. The maximum absolute atomic E-state index is 6.02. The Bertz CT molecular complexity index is 337. The molecule has 4 heteroatoms. The maximum Gasteiger partial charge on any atom is 0.125 e. The van der Waals surface area contributed by atoms with E-state index in [0.717, 1.165) is 31.0 Å². The lowest BCUT2D eigenvalue weighted by Gasteiger charge is -2.09. The van der Waals surface area contributed by atoms with Crippen LogP contribution in [0.3, 0.4) is 0 Å². The van der Waals surface area contributed by atoms with Crippen LogP contribution in [0.1, 0.15) is 30.8 Å². The number of hydrogen-bond acceptors (Lipinski definition) is 3. The molecule has 3 nitrogen and oxygen atoms in total. The van der Waals surface area contributed by atoms with Gasteiger partial charge in [0, 0.05) is 12.8 Å². The minimum absolute atomic E-state index is 0.399. The van der Waals surface area contributed by atoms with Gasteiger partial charge in [-0.25, -0.2) is 9.97 Å². The minimum atomic E-state index is 0.399. The van der Waals surface area contributed by atoms with E-state index in [9.17, 15) is 0 Å². The molecule has 1 aliphatic rings. The highest BCUT2D eigenvalue weighted by Gasteiger charge is 2.16. The van der Waals surface area contributed by atoms with Crippen molar-refractivity contribution >= 4 is 11.6 Å². The molecule has 0 spiro atoms. The standard InChI is InChI=1S/C11H15ClN2O/c1-8-13-7-10(12)11(14-8)5-4-9-3-2-6-15-9/h7,9H,2-6H2,1H3. The van der Waals surface area contributed by atoms with Crippen LogP contribution in [0.15, 0.2) is 6.20 Å². The Hall–Kier alpha value is -0.670. The van der Waals surface area contributed by atoms with Crippen LogP contribution in [0, 0.1) is 6.92 Å². The first-order valence-corrected chi connectivity index (χ1v) is 5.73. The molecule has 2 heterocycles. The molecule has 1 aromatic rings. The van der Waals surface area contributed by atoms with Gasteiger partial charge in [-0.15, -0.1) is 0 Å². The quantitative estimate of drug-likeness (QED) is 0.795. The van der Waals surface area contributed by atoms with Crippen LogP contribution in [0.4, 0.5) is 0 Å². The first kappa shape index (κ1) is 10.8. The molecule has 0 N–H and O–H groups in total. The zero-order chi connectivity index (χ0) is 10.7. The zero-order valence-electron chi connectivity index (χ0n) is 8.87. The highest BCUT2D eigenvalue weighted by atomic mass is 35.5. The molecule has 1 aromatic heterocycles. The molecule has 15 heavy (non-hydrogen) atoms. The molecule has 1 unspecified atom stereocenters. The maximum atomic E-state index is 6.02. The lowest BCUT2D eigenvalue weighted by Crippen LogP contribution is -2.07. The van der Waals surface area contributed by atoms with Crippen molar-refractivity contribution in [2.24, 2.45) is 0 Å². The molecule has 1 fully saturated rings. The Labute approximate surface area is 94.8 Å². The molecule has 0 aliphatic carbocycles. The number of aromatic nitrogens is 2. The lowest BCUT2D eigenvalue weighted by atomic mass is 10.1. The van der Waals surface area contributed by atoms with Crippen molar-refractivity contribution in [2.45, 2.75) is 38.7 Å². The average molecular weight is 227 g/mol. The number of ether oxygens (including phenoxy) is 1. The monoisotopic (exact) mass is 226 g/mol. The van der Waals surface area contributed by atoms with Crippen LogP contribution < -0.4 is 0 Å². The Kier molecular flexibility index (Phi) is 3.54. The van der Waals surface area contributed by atoms with Gasteiger partial charge < -0.3 is 4.74 Å². The average Bonchev–Trinajstić information content (AvgIpc) is 2.72. The Balaban J connectivity index is 1.94. The van der Waals surface area contributed by atoms with Crippen molar-refractivity contribution in [3.8, 4) is 0 Å². The van der Waals surface area contributed by atoms with Gasteiger partial charge in [0.1, 0.15) is 5.82 Å². The fourth-order valence-corrected chi connectivity index (χ4v) is 2.03. The van der Waals surface area contributed by atoms with Crippen molar-refractivity contribution < 1.29 is 4.74 Å². The van der Waals surface area contributed by atoms with Gasteiger partial charge in [-0.05, 0) is 32.6 Å². The first-order valence-electron chi connectivity index (χ1n) is 5.35. The molecule has 0 aromatic carbocycles. The number of nitrogens with zero attached hydrogens (tertiary/aromatic N) is 2. The van der Waals surface area contributed by atoms with Gasteiger partial charge in [0.25, 0.3) is 0 Å². The lowest BCUT2D eigenvalue weighted by molar-refractivity contribution is 0.104. The van der Waals surface area contributed by atoms with Crippen LogP contribution >= 0.6 is 11.6 Å². The second-order valence-electron chi connectivity index (χ2n) is 3.89. The van der Waals surface area contributed by atoms with E-state index in [1.54, 1.807) is 6.20 Å². The summed E-state index contributed by atoms with van der Waals surface area (Å²) in [7, 11) is 0. The predicted molar refractivity (Wildman–Crippen MR) is 59.1 cm³/mol. The van der Waals surface area contributed by atoms with E-state index in [2.05, 4.69) is 9.97 Å². The summed E-state index contributed by atoms with van der Waals surface area (Å²) >= 11 is 6.02. The van der Waals surface area contributed by atoms with E-state index in [1.165, 1.54) is 12.8 Å². The van der Waals surface area contributed by atoms with Gasteiger partial charge >= 0.3 is 0 Å². The molecule has 1 atom stereocenters. The van der Waals surface area contributed by atoms with Crippen LogP contribution in [0.25, 0.3) is 0 Å². The smallest absolute Gasteiger partial charge is 0.125 e. The first-order chi connectivity index (χ1) is 7.25. The molecule has 1 aliphatic heterocycles. The van der Waals surface area contributed by atoms with Crippen molar-refractivity contribution in [2.75, 3.05) is 6.61 Å². The van der Waals surface area contributed by atoms with Crippen molar-refractivity contribution in [1.82, 2.24) is 9.97 Å². The SMILES string of the molecule is Cc1ncc(Cl)c(CCC2CCCO2)n1. The van der Waals surface area contributed by atoms with E-state index in [-0.39, 0.29) is 0 Å². The van der Waals surface area contributed by atoms with Crippen molar-refractivity contribution in [3.63, 3.8) is 0 Å². The molecular weight excluding hydrogens is 212 g/mol. The molecular formula is C11H15ClN2O. The topological polar surface area (TPSA) is 35.0 Å². The summed E-state index contributed by atoms with van der Waals surface area (Å²) in [6.45, 7) is 2.78. The van der Waals surface area contributed by atoms with Crippen LogP contribution in [0.2, 0.25) is 5.02 Å². The van der Waals surface area contributed by atoms with E-state index >= 15 is 0 Å². The van der Waals surface area contributed by atoms with Crippen LogP contribution in [0.5, 0.6) is 0 Å². The summed E-state index contributed by atoms with van der Waals surface area (Å²) in [4.78, 5) is 8.38. The third-order valence-corrected chi connectivity index (χ3v) is 2.98. The number of aryl methyl sites for hydroxylation is 2. The second kappa shape index (κ2) is 4.90. The van der Waals surface area contributed by atoms with Gasteiger partial charge in [0.2, 0.25) is 0 Å². The Morgan fingerprint density at radius 1 is 1.60 bits per heavy atom. The zero-order valence-corrected chi connectivity index (χ0v) is 9.63. The highest BCUT2D eigenvalue weighted by Crippen LogP contribution is 2.20. The second-order valence-corrected chi connectivity index (χ2v) is 4.29. The van der Waals surface area contributed by atoms with E-state index in [0.29, 0.717) is 11.1 Å². The summed E-state index contributed by atoms with van der Waals surface area (Å²) in [5.74, 6) is 0.779. The van der Waals surface area contributed by atoms with E-state index in [1.807, 2.05) is 6.92 Å². The van der Waals surface area contributed by atoms with E-state index in [4.69, 9.17) is 16.3 Å². The van der Waals surface area contributed by atoms with Crippen molar-refractivity contribution in [3.05, 3.63) is 22.7 Å². The molecule has 0 radical (unpaired) electrons. The van der Waals surface area contributed by atoms with Gasteiger partial charge in [-0.2, -0.15) is 0 Å². The van der Waals surface area contributed by atoms with E-state index < -0.39 is 0 Å². The summed E-state index contributed by atoms with van der Waals surface area (Å²) in [5.41, 5.74) is 0.944. The number of halogens is 1. The van der Waals surface area contributed by atoms with Gasteiger partial charge in [-0.3, -0.25) is 0 Å². The summed E-state index contributed by atoms with van der Waals surface area (Å²) < 4.78 is 5.56. The molecule has 82 valence electrons. The summed E-state index contributed by atoms with van der Waals surface area (Å²) in [6, 6.07) is 0. The Morgan fingerprint density at radius 2 is 2.47 bits per heavy atom. The molecule has 1 saturated heterocycles. The number of rotatable bonds is 3. The van der Waals surface area contributed by atoms with Gasteiger partial charge in [0.05, 0.1) is 16.8 Å². The van der Waals surface area contributed by atoms with Crippen molar-refractivity contribution in [1.29, 1.82) is 0 Å². The third-order valence-electron chi connectivity index (χ3n) is 2.66. The molecule has 2 rings (SSSR count). The van der Waals surface area contributed by atoms with Gasteiger partial charge in [-0.1, -0.05) is 11.6 Å². The van der Waals surface area contributed by atoms with Crippen LogP contribution in [-0.4, -0.2) is 22.7 Å². The Morgan fingerprint density at radius 3 is 3.20 bits per heavy atom. The fourth-order valence-electron chi connectivity index (χ4n) is 1.85. The summed E-state index contributed by atoms with van der Waals surface area (Å²) in [5, 5.41) is 0.665. The molecule has 0 bridgehead atoms. The minimum Gasteiger partial charge on any atom is -0.378 e. The third kappa shape index (κ3) is 2.89. The number of hydrogen-bond donors (Lipinski definition) is 0. The molecule has 0 amide bonds. The normalized spacial score (nSPS) is 20.8.